The van der Waals surface area contributed by atoms with Gasteiger partial charge in [-0.1, -0.05) is 0 Å². The second kappa shape index (κ2) is 3.47. The number of hydrogen-bond acceptors (Lipinski definition) is 4. The van der Waals surface area contributed by atoms with Crippen LogP contribution in [0.25, 0.3) is 0 Å². The molecule has 72 valence electrons. The highest BCUT2D eigenvalue weighted by Gasteiger charge is 2.16. The van der Waals surface area contributed by atoms with E-state index in [9.17, 15) is 4.79 Å². The van der Waals surface area contributed by atoms with E-state index in [4.69, 9.17) is 5.73 Å². The average Bonchev–Trinajstić information content (AvgIpc) is 2.44. The maximum absolute atomic E-state index is 11.1. The first kappa shape index (κ1) is 9.57. The highest BCUT2D eigenvalue weighted by Crippen LogP contribution is 2.12. The Kier molecular flexibility index (Phi) is 2.55. The molecule has 1 aromatic heterocycles. The fourth-order valence-corrected chi connectivity index (χ4v) is 0.974. The molecule has 1 atom stereocenters. The van der Waals surface area contributed by atoms with Gasteiger partial charge in [0.05, 0.1) is 7.11 Å². The van der Waals surface area contributed by atoms with Gasteiger partial charge in [-0.3, -0.25) is 4.68 Å². The van der Waals surface area contributed by atoms with E-state index in [0.29, 0.717) is 5.82 Å². The first-order valence-electron chi connectivity index (χ1n) is 3.95. The summed E-state index contributed by atoms with van der Waals surface area (Å²) in [5, 5.41) is 3.97. The molecule has 0 saturated heterocycles. The van der Waals surface area contributed by atoms with Crippen LogP contribution in [0, 0.1) is 6.92 Å². The summed E-state index contributed by atoms with van der Waals surface area (Å²) in [4.78, 5) is 11.1. The van der Waals surface area contributed by atoms with Crippen LogP contribution in [0.3, 0.4) is 0 Å². The lowest BCUT2D eigenvalue weighted by molar-refractivity contribution is -0.144. The van der Waals surface area contributed by atoms with Gasteiger partial charge in [0, 0.05) is 11.8 Å². The van der Waals surface area contributed by atoms with Crippen molar-refractivity contribution in [1.29, 1.82) is 0 Å². The first-order valence-corrected chi connectivity index (χ1v) is 3.95. The number of rotatable bonds is 2. The molecule has 1 heterocycles. The Bertz CT molecular complexity index is 300. The molecule has 1 aromatic rings. The first-order chi connectivity index (χ1) is 6.06. The largest absolute Gasteiger partial charge is 0.467 e. The molecule has 0 radical (unpaired) electrons. The lowest BCUT2D eigenvalue weighted by Crippen LogP contribution is -2.18. The summed E-state index contributed by atoms with van der Waals surface area (Å²) in [5.74, 6) is 0.109. The van der Waals surface area contributed by atoms with E-state index in [1.165, 1.54) is 11.8 Å². The number of anilines is 1. The molecule has 0 spiro atoms. The van der Waals surface area contributed by atoms with Gasteiger partial charge < -0.3 is 10.5 Å². The summed E-state index contributed by atoms with van der Waals surface area (Å²) >= 11 is 0. The number of aryl methyl sites for hydroxylation is 1. The number of carbonyl (C=O) groups is 1. The Balaban J connectivity index is 2.89. The van der Waals surface area contributed by atoms with Crippen LogP contribution in [0.1, 0.15) is 18.5 Å². The van der Waals surface area contributed by atoms with Gasteiger partial charge >= 0.3 is 5.97 Å². The van der Waals surface area contributed by atoms with E-state index >= 15 is 0 Å². The lowest BCUT2D eigenvalue weighted by Gasteiger charge is -2.08. The van der Waals surface area contributed by atoms with Crippen LogP contribution in [0.2, 0.25) is 0 Å². The predicted molar refractivity (Wildman–Crippen MR) is 48.1 cm³/mol. The Morgan fingerprint density at radius 2 is 2.38 bits per heavy atom. The van der Waals surface area contributed by atoms with Crippen LogP contribution < -0.4 is 5.73 Å². The number of ether oxygens (including phenoxy) is 1. The molecule has 5 heteroatoms. The quantitative estimate of drug-likeness (QED) is 0.678. The molecule has 0 aliphatic heterocycles. The van der Waals surface area contributed by atoms with Crippen molar-refractivity contribution in [1.82, 2.24) is 9.78 Å². The van der Waals surface area contributed by atoms with Crippen LogP contribution in [-0.4, -0.2) is 22.9 Å². The Hall–Kier alpha value is -1.52. The van der Waals surface area contributed by atoms with Gasteiger partial charge in [0.2, 0.25) is 0 Å². The second-order valence-corrected chi connectivity index (χ2v) is 2.88. The zero-order valence-corrected chi connectivity index (χ0v) is 7.94. The summed E-state index contributed by atoms with van der Waals surface area (Å²) in [6, 6.07) is -0.430. The molecule has 0 aromatic carbocycles. The summed E-state index contributed by atoms with van der Waals surface area (Å²) < 4.78 is 6.07. The molecule has 0 aliphatic rings. The van der Waals surface area contributed by atoms with Crippen LogP contribution in [0.4, 0.5) is 5.82 Å². The van der Waals surface area contributed by atoms with Gasteiger partial charge in [-0.2, -0.15) is 5.10 Å². The molecule has 0 aliphatic carbocycles. The second-order valence-electron chi connectivity index (χ2n) is 2.88. The topological polar surface area (TPSA) is 70.1 Å². The van der Waals surface area contributed by atoms with E-state index in [2.05, 4.69) is 9.84 Å². The third-order valence-corrected chi connectivity index (χ3v) is 1.89. The molecular formula is C8H13N3O2. The fourth-order valence-electron chi connectivity index (χ4n) is 0.974. The normalized spacial score (nSPS) is 12.5. The molecule has 0 amide bonds. The zero-order chi connectivity index (χ0) is 10.0. The maximum Gasteiger partial charge on any atom is 0.330 e. The third kappa shape index (κ3) is 1.80. The molecule has 5 nitrogen and oxygen atoms in total. The van der Waals surface area contributed by atoms with Crippen molar-refractivity contribution in [3.8, 4) is 0 Å². The number of nitrogen functional groups attached to an aromatic ring is 1. The maximum atomic E-state index is 11.1. The highest BCUT2D eigenvalue weighted by atomic mass is 16.5. The number of aromatic nitrogens is 2. The summed E-state index contributed by atoms with van der Waals surface area (Å²) in [6.07, 6.45) is 1.72. The third-order valence-electron chi connectivity index (χ3n) is 1.89. The number of methoxy groups -OCH3 is 1. The minimum absolute atomic E-state index is 0.331. The Morgan fingerprint density at radius 1 is 1.77 bits per heavy atom. The van der Waals surface area contributed by atoms with Crippen LogP contribution in [-0.2, 0) is 9.53 Å². The summed E-state index contributed by atoms with van der Waals surface area (Å²) in [5.41, 5.74) is 6.39. The van der Waals surface area contributed by atoms with Crippen LogP contribution in [0.5, 0.6) is 0 Å². The monoisotopic (exact) mass is 183 g/mol. The van der Waals surface area contributed by atoms with Crippen molar-refractivity contribution in [2.75, 3.05) is 12.8 Å². The minimum Gasteiger partial charge on any atom is -0.467 e. The smallest absolute Gasteiger partial charge is 0.330 e. The molecule has 1 rings (SSSR count). The molecule has 2 N–H and O–H groups in total. The molecule has 0 fully saturated rings. The van der Waals surface area contributed by atoms with Crippen molar-refractivity contribution in [3.63, 3.8) is 0 Å². The SMILES string of the molecule is COC(=O)C(C)n1cc(C)c(N)n1. The van der Waals surface area contributed by atoms with Crippen LogP contribution in [0.15, 0.2) is 6.20 Å². The van der Waals surface area contributed by atoms with Crippen molar-refractivity contribution in [2.45, 2.75) is 19.9 Å². The van der Waals surface area contributed by atoms with E-state index in [1.807, 2.05) is 6.92 Å². The van der Waals surface area contributed by atoms with Gasteiger partial charge in [0.15, 0.2) is 0 Å². The number of nitrogens with two attached hydrogens (primary N) is 1. The van der Waals surface area contributed by atoms with Crippen molar-refractivity contribution in [3.05, 3.63) is 11.8 Å². The molecule has 13 heavy (non-hydrogen) atoms. The molecule has 0 bridgehead atoms. The van der Waals surface area contributed by atoms with Gasteiger partial charge in [0.1, 0.15) is 11.9 Å². The Morgan fingerprint density at radius 3 is 2.77 bits per heavy atom. The highest BCUT2D eigenvalue weighted by molar-refractivity contribution is 5.73. The average molecular weight is 183 g/mol. The van der Waals surface area contributed by atoms with E-state index in [-0.39, 0.29) is 5.97 Å². The van der Waals surface area contributed by atoms with Crippen molar-refractivity contribution < 1.29 is 9.53 Å². The van der Waals surface area contributed by atoms with Gasteiger partial charge in [-0.05, 0) is 13.8 Å². The number of nitrogens with zero attached hydrogens (tertiary/aromatic N) is 2. The number of carbonyl (C=O) groups excluding carboxylic acids is 1. The molecular weight excluding hydrogens is 170 g/mol. The van der Waals surface area contributed by atoms with E-state index < -0.39 is 6.04 Å². The zero-order valence-electron chi connectivity index (χ0n) is 7.94. The molecule has 0 saturated carbocycles. The van der Waals surface area contributed by atoms with Gasteiger partial charge in [-0.15, -0.1) is 0 Å². The van der Waals surface area contributed by atoms with Crippen LogP contribution >= 0.6 is 0 Å². The standard InChI is InChI=1S/C8H13N3O2/c1-5-4-11(10-7(5)9)6(2)8(12)13-3/h4,6H,1-3H3,(H2,9,10). The summed E-state index contributed by atoms with van der Waals surface area (Å²) in [7, 11) is 1.35. The van der Waals surface area contributed by atoms with Gasteiger partial charge in [-0.25, -0.2) is 4.79 Å². The van der Waals surface area contributed by atoms with Crippen molar-refractivity contribution in [2.24, 2.45) is 0 Å². The number of hydrogen-bond donors (Lipinski definition) is 1. The predicted octanol–water partition coefficient (Wildman–Crippen LogP) is 0.508. The van der Waals surface area contributed by atoms with E-state index in [1.54, 1.807) is 13.1 Å². The Labute approximate surface area is 76.5 Å². The van der Waals surface area contributed by atoms with Gasteiger partial charge in [0.25, 0.3) is 0 Å². The summed E-state index contributed by atoms with van der Waals surface area (Å²) in [6.45, 7) is 3.54. The lowest BCUT2D eigenvalue weighted by atomic mass is 10.3. The fraction of sp³-hybridized carbons (Fsp3) is 0.500. The van der Waals surface area contributed by atoms with Crippen molar-refractivity contribution >= 4 is 11.8 Å². The minimum atomic E-state index is -0.430. The molecule has 1 unspecified atom stereocenters. The number of esters is 1. The van der Waals surface area contributed by atoms with E-state index in [0.717, 1.165) is 5.56 Å².